The second-order valence-corrected chi connectivity index (χ2v) is 6.64. The number of rotatable bonds is 7. The van der Waals surface area contributed by atoms with Gasteiger partial charge in [-0.3, -0.25) is 4.79 Å². The Bertz CT molecular complexity index is 813. The number of carbonyl (C=O) groups excluding carboxylic acids is 1. The summed E-state index contributed by atoms with van der Waals surface area (Å²) in [7, 11) is 3.29. The highest BCUT2D eigenvalue weighted by Gasteiger charge is 2.23. The first-order valence-electron chi connectivity index (χ1n) is 8.56. The lowest BCUT2D eigenvalue weighted by molar-refractivity contribution is -0.0507. The van der Waals surface area contributed by atoms with Crippen LogP contribution in [0.25, 0.3) is 0 Å². The van der Waals surface area contributed by atoms with Crippen LogP contribution in [-0.4, -0.2) is 38.1 Å². The van der Waals surface area contributed by atoms with Crippen molar-refractivity contribution in [1.82, 2.24) is 10.2 Å². The van der Waals surface area contributed by atoms with E-state index in [4.69, 9.17) is 0 Å². The van der Waals surface area contributed by atoms with Crippen LogP contribution in [0.2, 0.25) is 0 Å². The molecule has 2 aromatic rings. The van der Waals surface area contributed by atoms with Gasteiger partial charge in [0.1, 0.15) is 17.4 Å². The van der Waals surface area contributed by atoms with Crippen molar-refractivity contribution in [2.45, 2.75) is 26.5 Å². The molecule has 2 rings (SSSR count). The predicted molar refractivity (Wildman–Crippen MR) is 97.7 cm³/mol. The van der Waals surface area contributed by atoms with Gasteiger partial charge in [-0.2, -0.15) is 8.78 Å². The number of hydrogen-bond acceptors (Lipinski definition) is 3. The Morgan fingerprint density at radius 2 is 1.64 bits per heavy atom. The number of amides is 1. The topological polar surface area (TPSA) is 41.6 Å². The molecule has 4 nitrogen and oxygen atoms in total. The molecule has 0 spiro atoms. The number of nitrogens with zero attached hydrogens (tertiary/aromatic N) is 1. The van der Waals surface area contributed by atoms with Crippen molar-refractivity contribution in [3.05, 3.63) is 64.2 Å². The van der Waals surface area contributed by atoms with E-state index in [9.17, 15) is 22.4 Å². The van der Waals surface area contributed by atoms with Gasteiger partial charge in [0.2, 0.25) is 0 Å². The Balaban J connectivity index is 2.20. The zero-order valence-electron chi connectivity index (χ0n) is 16.0. The summed E-state index contributed by atoms with van der Waals surface area (Å²) in [5.41, 5.74) is 0.869. The molecule has 0 aliphatic heterocycles. The van der Waals surface area contributed by atoms with Crippen molar-refractivity contribution >= 4 is 5.91 Å². The highest BCUT2D eigenvalue weighted by Crippen LogP contribution is 2.27. The number of ether oxygens (including phenoxy) is 1. The third-order valence-corrected chi connectivity index (χ3v) is 4.34. The van der Waals surface area contributed by atoms with Crippen LogP contribution in [0.4, 0.5) is 17.6 Å². The molecule has 0 radical (unpaired) electrons. The molecule has 1 atom stereocenters. The SMILES string of the molecule is Cc1cc(C(=O)NCC(c2c(F)cccc2F)N(C)C)cc(C)c1OC(F)F. The highest BCUT2D eigenvalue weighted by molar-refractivity contribution is 5.95. The molecule has 28 heavy (non-hydrogen) atoms. The quantitative estimate of drug-likeness (QED) is 0.711. The Kier molecular flexibility index (Phi) is 7.01. The molecular weight excluding hydrogens is 376 g/mol. The number of likely N-dealkylation sites (N-methyl/N-ethyl adjacent to an activating group) is 1. The number of aryl methyl sites for hydroxylation is 2. The standard InChI is InChI=1S/C20H22F4N2O2/c1-11-8-13(9-12(2)18(11)28-20(23)24)19(27)25-10-16(26(3)4)17-14(21)6-5-7-15(17)22/h5-9,16,20H,10H2,1-4H3,(H,25,27). The molecule has 0 fully saturated rings. The van der Waals surface area contributed by atoms with E-state index in [2.05, 4.69) is 10.1 Å². The maximum atomic E-state index is 14.1. The zero-order valence-corrected chi connectivity index (χ0v) is 16.0. The average Bonchev–Trinajstić information content (AvgIpc) is 2.59. The Hall–Kier alpha value is -2.61. The van der Waals surface area contributed by atoms with Crippen LogP contribution in [-0.2, 0) is 0 Å². The number of alkyl halides is 2. The van der Waals surface area contributed by atoms with Gasteiger partial charge in [0, 0.05) is 17.7 Å². The van der Waals surface area contributed by atoms with Gasteiger partial charge in [-0.25, -0.2) is 8.78 Å². The van der Waals surface area contributed by atoms with Crippen LogP contribution in [0.1, 0.15) is 33.1 Å². The van der Waals surface area contributed by atoms with E-state index in [1.54, 1.807) is 32.8 Å². The lowest BCUT2D eigenvalue weighted by Crippen LogP contribution is -2.35. The number of benzene rings is 2. The van der Waals surface area contributed by atoms with E-state index < -0.39 is 30.2 Å². The lowest BCUT2D eigenvalue weighted by Gasteiger charge is -2.26. The van der Waals surface area contributed by atoms with E-state index in [0.717, 1.165) is 12.1 Å². The van der Waals surface area contributed by atoms with Crippen LogP contribution >= 0.6 is 0 Å². The maximum Gasteiger partial charge on any atom is 0.387 e. The van der Waals surface area contributed by atoms with Crippen LogP contribution < -0.4 is 10.1 Å². The fraction of sp³-hybridized carbons (Fsp3) is 0.350. The van der Waals surface area contributed by atoms with Gasteiger partial charge in [-0.15, -0.1) is 0 Å². The zero-order chi connectivity index (χ0) is 21.0. The van der Waals surface area contributed by atoms with Crippen molar-refractivity contribution in [2.75, 3.05) is 20.6 Å². The molecule has 8 heteroatoms. The predicted octanol–water partition coefficient (Wildman–Crippen LogP) is 4.22. The first kappa shape index (κ1) is 21.7. The average molecular weight is 398 g/mol. The van der Waals surface area contributed by atoms with E-state index in [0.29, 0.717) is 11.1 Å². The van der Waals surface area contributed by atoms with Gasteiger partial charge in [-0.1, -0.05) is 6.07 Å². The van der Waals surface area contributed by atoms with E-state index >= 15 is 0 Å². The molecule has 152 valence electrons. The molecule has 0 heterocycles. The highest BCUT2D eigenvalue weighted by atomic mass is 19.3. The normalized spacial score (nSPS) is 12.4. The Morgan fingerprint density at radius 3 is 2.11 bits per heavy atom. The van der Waals surface area contributed by atoms with Gasteiger partial charge < -0.3 is 15.0 Å². The molecule has 0 saturated carbocycles. The third kappa shape index (κ3) is 5.01. The molecule has 0 aliphatic carbocycles. The van der Waals surface area contributed by atoms with Crippen LogP contribution in [0, 0.1) is 25.5 Å². The van der Waals surface area contributed by atoms with Crippen LogP contribution in [0.5, 0.6) is 5.75 Å². The Morgan fingerprint density at radius 1 is 1.11 bits per heavy atom. The molecule has 0 bridgehead atoms. The number of halogens is 4. The number of nitrogens with one attached hydrogen (secondary N) is 1. The summed E-state index contributed by atoms with van der Waals surface area (Å²) in [5, 5.41) is 2.65. The van der Waals surface area contributed by atoms with Gasteiger partial charge in [0.15, 0.2) is 0 Å². The second-order valence-electron chi connectivity index (χ2n) is 6.64. The largest absolute Gasteiger partial charge is 0.434 e. The van der Waals surface area contributed by atoms with Crippen molar-refractivity contribution in [1.29, 1.82) is 0 Å². The van der Waals surface area contributed by atoms with E-state index in [-0.39, 0.29) is 23.4 Å². The molecule has 1 amide bonds. The first-order valence-corrected chi connectivity index (χ1v) is 8.56. The van der Waals surface area contributed by atoms with Gasteiger partial charge in [0.05, 0.1) is 6.04 Å². The van der Waals surface area contributed by atoms with Crippen molar-refractivity contribution in [2.24, 2.45) is 0 Å². The summed E-state index contributed by atoms with van der Waals surface area (Å²) >= 11 is 0. The van der Waals surface area contributed by atoms with E-state index in [1.807, 2.05) is 0 Å². The third-order valence-electron chi connectivity index (χ3n) is 4.34. The fourth-order valence-corrected chi connectivity index (χ4v) is 3.02. The minimum Gasteiger partial charge on any atom is -0.434 e. The summed E-state index contributed by atoms with van der Waals surface area (Å²) in [6, 6.07) is 5.71. The summed E-state index contributed by atoms with van der Waals surface area (Å²) in [6.45, 7) is 0.1000. The van der Waals surface area contributed by atoms with Crippen molar-refractivity contribution < 1.29 is 27.1 Å². The maximum absolute atomic E-state index is 14.1. The molecule has 1 N–H and O–H groups in total. The summed E-state index contributed by atoms with van der Waals surface area (Å²) in [6.07, 6.45) is 0. The number of hydrogen-bond donors (Lipinski definition) is 1. The minimum atomic E-state index is -2.96. The summed E-state index contributed by atoms with van der Waals surface area (Å²) in [4.78, 5) is 14.1. The minimum absolute atomic E-state index is 0.0196. The summed E-state index contributed by atoms with van der Waals surface area (Å²) < 4.78 is 57.7. The van der Waals surface area contributed by atoms with Gasteiger partial charge in [0.25, 0.3) is 5.91 Å². The summed E-state index contributed by atoms with van der Waals surface area (Å²) in [5.74, 6) is -1.87. The van der Waals surface area contributed by atoms with Crippen molar-refractivity contribution in [3.8, 4) is 5.75 Å². The molecule has 0 saturated heterocycles. The molecule has 0 aromatic heterocycles. The smallest absolute Gasteiger partial charge is 0.387 e. The molecule has 1 unspecified atom stereocenters. The molecule has 2 aromatic carbocycles. The first-order chi connectivity index (χ1) is 13.1. The van der Waals surface area contributed by atoms with Gasteiger partial charge >= 0.3 is 6.61 Å². The van der Waals surface area contributed by atoms with Gasteiger partial charge in [-0.05, 0) is 63.3 Å². The fourth-order valence-electron chi connectivity index (χ4n) is 3.02. The Labute approximate surface area is 161 Å². The molecule has 0 aliphatic rings. The second kappa shape index (κ2) is 9.05. The van der Waals surface area contributed by atoms with Crippen molar-refractivity contribution in [3.63, 3.8) is 0 Å². The van der Waals surface area contributed by atoms with Crippen LogP contribution in [0.3, 0.4) is 0 Å². The molecular formula is C20H22F4N2O2. The van der Waals surface area contributed by atoms with E-state index in [1.165, 1.54) is 18.2 Å². The van der Waals surface area contributed by atoms with Crippen LogP contribution in [0.15, 0.2) is 30.3 Å². The number of carbonyl (C=O) groups is 1. The lowest BCUT2D eigenvalue weighted by atomic mass is 10.0. The monoisotopic (exact) mass is 398 g/mol.